The van der Waals surface area contributed by atoms with Crippen LogP contribution in [0.5, 0.6) is 0 Å². The van der Waals surface area contributed by atoms with Crippen LogP contribution >= 0.6 is 0 Å². The van der Waals surface area contributed by atoms with Gasteiger partial charge in [0.15, 0.2) is 11.2 Å². The van der Waals surface area contributed by atoms with Crippen molar-refractivity contribution in [1.82, 2.24) is 29.9 Å². The number of likely N-dealkylation sites (tertiary alicyclic amines) is 1. The zero-order valence-corrected chi connectivity index (χ0v) is 18.8. The molecule has 8 heteroatoms. The number of rotatable bonds is 4. The lowest BCUT2D eigenvalue weighted by molar-refractivity contribution is 0.0704. The van der Waals surface area contributed by atoms with Gasteiger partial charge in [-0.15, -0.1) is 5.10 Å². The van der Waals surface area contributed by atoms with Crippen LogP contribution in [0.2, 0.25) is 0 Å². The van der Waals surface area contributed by atoms with E-state index in [4.69, 9.17) is 4.98 Å². The number of amides is 1. The summed E-state index contributed by atoms with van der Waals surface area (Å²) in [5.41, 5.74) is 4.32. The highest BCUT2D eigenvalue weighted by Gasteiger charge is 2.28. The molecule has 0 aliphatic carbocycles. The number of benzene rings is 2. The second-order valence-electron chi connectivity index (χ2n) is 8.76. The second kappa shape index (κ2) is 8.61. The Morgan fingerprint density at radius 2 is 1.91 bits per heavy atom. The summed E-state index contributed by atoms with van der Waals surface area (Å²) in [4.78, 5) is 35.4. The Morgan fingerprint density at radius 1 is 1.12 bits per heavy atom. The molecule has 0 radical (unpaired) electrons. The molecular weight excluding hydrogens is 416 g/mol. The van der Waals surface area contributed by atoms with Gasteiger partial charge in [0.25, 0.3) is 11.5 Å². The average Bonchev–Trinajstić information content (AvgIpc) is 3.24. The lowest BCUT2D eigenvalue weighted by atomic mass is 9.96. The Hall–Kier alpha value is -3.81. The first-order valence-electron chi connectivity index (χ1n) is 11.2. The topological polar surface area (TPSA) is 96.8 Å². The van der Waals surface area contributed by atoms with Gasteiger partial charge in [-0.3, -0.25) is 9.59 Å². The van der Waals surface area contributed by atoms with Gasteiger partial charge < -0.3 is 9.88 Å². The second-order valence-corrected chi connectivity index (χ2v) is 8.76. The van der Waals surface area contributed by atoms with Crippen LogP contribution in [0, 0.1) is 13.8 Å². The molecule has 0 spiro atoms. The molecule has 0 bridgehead atoms. The van der Waals surface area contributed by atoms with Gasteiger partial charge in [-0.2, -0.15) is 0 Å². The fourth-order valence-corrected chi connectivity index (χ4v) is 4.42. The van der Waals surface area contributed by atoms with Gasteiger partial charge >= 0.3 is 0 Å². The number of aromatic amines is 1. The van der Waals surface area contributed by atoms with Crippen molar-refractivity contribution in [2.24, 2.45) is 0 Å². The van der Waals surface area contributed by atoms with Gasteiger partial charge in [-0.05, 0) is 43.9 Å². The van der Waals surface area contributed by atoms with Crippen molar-refractivity contribution in [1.29, 1.82) is 0 Å². The molecule has 1 saturated heterocycles. The zero-order chi connectivity index (χ0) is 22.9. The van der Waals surface area contributed by atoms with Crippen molar-refractivity contribution in [2.75, 3.05) is 13.1 Å². The number of aromatic nitrogens is 5. The lowest BCUT2D eigenvalue weighted by Gasteiger charge is -2.32. The van der Waals surface area contributed by atoms with E-state index in [1.165, 1.54) is 5.56 Å². The van der Waals surface area contributed by atoms with Crippen LogP contribution in [0.1, 0.15) is 51.6 Å². The molecule has 3 heterocycles. The van der Waals surface area contributed by atoms with Gasteiger partial charge in [0, 0.05) is 24.6 Å². The number of H-pyrrole nitrogens is 1. The predicted molar refractivity (Wildman–Crippen MR) is 125 cm³/mol. The minimum Gasteiger partial charge on any atom is -0.338 e. The SMILES string of the molecule is Cc1ccc(Cn2nnc3c(=O)[nH]c(C4CCCN(C(=O)c5ccccc5C)C4)nc32)cc1. The smallest absolute Gasteiger partial charge is 0.281 e. The van der Waals surface area contributed by atoms with Crippen LogP contribution in [0.4, 0.5) is 0 Å². The molecule has 1 atom stereocenters. The van der Waals surface area contributed by atoms with Crippen molar-refractivity contribution in [3.63, 3.8) is 0 Å². The minimum absolute atomic E-state index is 0.0207. The molecule has 0 saturated carbocycles. The fraction of sp³-hybridized carbons (Fsp3) is 0.320. The Balaban J connectivity index is 1.43. The van der Waals surface area contributed by atoms with E-state index in [1.807, 2.05) is 67.3 Å². The third-order valence-electron chi connectivity index (χ3n) is 6.32. The first kappa shape index (κ1) is 21.1. The molecule has 1 aliphatic heterocycles. The standard InChI is InChI=1S/C25H26N6O2/c1-16-9-11-18(12-10-16)14-31-23-21(28-29-31)24(32)27-22(26-23)19-7-5-13-30(15-19)25(33)20-8-4-3-6-17(20)2/h3-4,6,8-12,19H,5,7,13-15H2,1-2H3,(H,26,27,32). The highest BCUT2D eigenvalue weighted by atomic mass is 16.2. The molecule has 2 aromatic heterocycles. The average molecular weight is 443 g/mol. The van der Waals surface area contributed by atoms with E-state index in [9.17, 15) is 9.59 Å². The van der Waals surface area contributed by atoms with Crippen LogP contribution in [0.3, 0.4) is 0 Å². The number of carbonyl (C=O) groups is 1. The van der Waals surface area contributed by atoms with Gasteiger partial charge in [0.2, 0.25) is 0 Å². The van der Waals surface area contributed by atoms with Crippen LogP contribution in [-0.4, -0.2) is 48.9 Å². The number of nitrogens with one attached hydrogen (secondary N) is 1. The molecular formula is C25H26N6O2. The number of hydrogen-bond acceptors (Lipinski definition) is 5. The Labute approximate surface area is 191 Å². The molecule has 4 aromatic rings. The summed E-state index contributed by atoms with van der Waals surface area (Å²) in [7, 11) is 0. The monoisotopic (exact) mass is 442 g/mol. The molecule has 5 rings (SSSR count). The number of carbonyl (C=O) groups excluding carboxylic acids is 1. The van der Waals surface area contributed by atoms with Gasteiger partial charge in [-0.1, -0.05) is 53.2 Å². The zero-order valence-electron chi connectivity index (χ0n) is 18.8. The van der Waals surface area contributed by atoms with E-state index >= 15 is 0 Å². The highest BCUT2D eigenvalue weighted by molar-refractivity contribution is 5.95. The number of hydrogen-bond donors (Lipinski definition) is 1. The van der Waals surface area contributed by atoms with Crippen molar-refractivity contribution in [3.8, 4) is 0 Å². The molecule has 8 nitrogen and oxygen atoms in total. The summed E-state index contributed by atoms with van der Waals surface area (Å²) >= 11 is 0. The summed E-state index contributed by atoms with van der Waals surface area (Å²) in [6.07, 6.45) is 1.70. The summed E-state index contributed by atoms with van der Waals surface area (Å²) in [5.74, 6) is 0.557. The maximum absolute atomic E-state index is 13.1. The van der Waals surface area contributed by atoms with Crippen molar-refractivity contribution in [2.45, 2.75) is 39.2 Å². The van der Waals surface area contributed by atoms with Crippen molar-refractivity contribution in [3.05, 3.63) is 87.0 Å². The largest absolute Gasteiger partial charge is 0.338 e. The Bertz CT molecular complexity index is 1370. The van der Waals surface area contributed by atoms with E-state index in [2.05, 4.69) is 15.3 Å². The lowest BCUT2D eigenvalue weighted by Crippen LogP contribution is -2.40. The molecule has 2 aromatic carbocycles. The van der Waals surface area contributed by atoms with E-state index in [0.717, 1.165) is 29.5 Å². The summed E-state index contributed by atoms with van der Waals surface area (Å²) in [6, 6.07) is 15.8. The van der Waals surface area contributed by atoms with E-state index in [-0.39, 0.29) is 22.9 Å². The fourth-order valence-electron chi connectivity index (χ4n) is 4.42. The van der Waals surface area contributed by atoms with Gasteiger partial charge in [0.1, 0.15) is 5.82 Å². The summed E-state index contributed by atoms with van der Waals surface area (Å²) in [5, 5.41) is 8.23. The van der Waals surface area contributed by atoms with Gasteiger partial charge in [0.05, 0.1) is 6.54 Å². The van der Waals surface area contributed by atoms with Crippen LogP contribution in [0.15, 0.2) is 53.3 Å². The van der Waals surface area contributed by atoms with Crippen molar-refractivity contribution < 1.29 is 4.79 Å². The third kappa shape index (κ3) is 4.16. The first-order valence-corrected chi connectivity index (χ1v) is 11.2. The first-order chi connectivity index (χ1) is 16.0. The van der Waals surface area contributed by atoms with Crippen molar-refractivity contribution >= 4 is 17.1 Å². The number of fused-ring (bicyclic) bond motifs is 1. The normalized spacial score (nSPS) is 16.3. The van der Waals surface area contributed by atoms with Crippen LogP contribution in [0.25, 0.3) is 11.2 Å². The summed E-state index contributed by atoms with van der Waals surface area (Å²) in [6.45, 7) is 5.68. The Kier molecular flexibility index (Phi) is 5.50. The molecule has 33 heavy (non-hydrogen) atoms. The molecule has 1 aliphatic rings. The van der Waals surface area contributed by atoms with E-state index in [0.29, 0.717) is 31.1 Å². The highest BCUT2D eigenvalue weighted by Crippen LogP contribution is 2.26. The molecule has 1 unspecified atom stereocenters. The molecule has 1 fully saturated rings. The molecule has 1 N–H and O–H groups in total. The summed E-state index contributed by atoms with van der Waals surface area (Å²) < 4.78 is 1.66. The minimum atomic E-state index is -0.299. The van der Waals surface area contributed by atoms with Crippen LogP contribution < -0.4 is 5.56 Å². The quantitative estimate of drug-likeness (QED) is 0.524. The molecule has 1 amide bonds. The number of piperidine rings is 1. The maximum atomic E-state index is 13.1. The molecule has 168 valence electrons. The predicted octanol–water partition coefficient (Wildman–Crippen LogP) is 3.20. The van der Waals surface area contributed by atoms with E-state index < -0.39 is 0 Å². The van der Waals surface area contributed by atoms with Crippen LogP contribution in [-0.2, 0) is 6.54 Å². The third-order valence-corrected chi connectivity index (χ3v) is 6.32. The van der Waals surface area contributed by atoms with Gasteiger partial charge in [-0.25, -0.2) is 9.67 Å². The Morgan fingerprint density at radius 3 is 2.70 bits per heavy atom. The van der Waals surface area contributed by atoms with E-state index in [1.54, 1.807) is 4.68 Å². The number of nitrogens with zero attached hydrogens (tertiary/aromatic N) is 5. The number of aryl methyl sites for hydroxylation is 2. The maximum Gasteiger partial charge on any atom is 0.281 e.